The molecule has 0 aliphatic carbocycles. The van der Waals surface area contributed by atoms with Crippen LogP contribution in [0.5, 0.6) is 0 Å². The van der Waals surface area contributed by atoms with E-state index in [0.717, 1.165) is 13.1 Å². The summed E-state index contributed by atoms with van der Waals surface area (Å²) in [7, 11) is 0. The summed E-state index contributed by atoms with van der Waals surface area (Å²) >= 11 is 0. The van der Waals surface area contributed by atoms with Crippen LogP contribution in [0.2, 0.25) is 0 Å². The van der Waals surface area contributed by atoms with Crippen molar-refractivity contribution in [3.63, 3.8) is 0 Å². The molecule has 1 aromatic heterocycles. The number of hydrogen-bond donors (Lipinski definition) is 1. The van der Waals surface area contributed by atoms with Gasteiger partial charge in [-0.15, -0.1) is 0 Å². The van der Waals surface area contributed by atoms with E-state index in [9.17, 15) is 9.18 Å². The van der Waals surface area contributed by atoms with Crippen LogP contribution in [0.4, 0.5) is 10.3 Å². The van der Waals surface area contributed by atoms with E-state index in [-0.39, 0.29) is 11.7 Å². The molecule has 0 spiro atoms. The lowest BCUT2D eigenvalue weighted by atomic mass is 10.2. The van der Waals surface area contributed by atoms with Gasteiger partial charge in [-0.2, -0.15) is 0 Å². The Kier molecular flexibility index (Phi) is 5.90. The van der Waals surface area contributed by atoms with Crippen molar-refractivity contribution in [2.24, 2.45) is 0 Å². The Bertz CT molecular complexity index is 689. The zero-order valence-electron chi connectivity index (χ0n) is 14.1. The first-order chi connectivity index (χ1) is 12.2. The van der Waals surface area contributed by atoms with Crippen molar-refractivity contribution in [1.82, 2.24) is 19.8 Å². The van der Waals surface area contributed by atoms with Crippen molar-refractivity contribution in [3.8, 4) is 0 Å². The highest BCUT2D eigenvalue weighted by Gasteiger charge is 2.21. The molecule has 0 atom stereocenters. The van der Waals surface area contributed by atoms with Gasteiger partial charge in [0.2, 0.25) is 11.9 Å². The molecule has 1 aliphatic rings. The molecule has 0 unspecified atom stereocenters. The first-order valence-corrected chi connectivity index (χ1v) is 8.47. The second kappa shape index (κ2) is 8.53. The summed E-state index contributed by atoms with van der Waals surface area (Å²) in [6.45, 7) is 3.97. The highest BCUT2D eigenvalue weighted by Crippen LogP contribution is 2.12. The third kappa shape index (κ3) is 4.96. The Balaban J connectivity index is 1.39. The lowest BCUT2D eigenvalue weighted by Crippen LogP contribution is -2.48. The second-order valence-corrected chi connectivity index (χ2v) is 6.00. The number of carbonyl (C=O) groups excluding carboxylic acids is 1. The Morgan fingerprint density at radius 2 is 1.80 bits per heavy atom. The van der Waals surface area contributed by atoms with Crippen LogP contribution in [-0.4, -0.2) is 58.4 Å². The topological polar surface area (TPSA) is 61.4 Å². The van der Waals surface area contributed by atoms with Gasteiger partial charge in [0.05, 0.1) is 0 Å². The van der Waals surface area contributed by atoms with Gasteiger partial charge in [-0.3, -0.25) is 9.69 Å². The predicted molar refractivity (Wildman–Crippen MR) is 93.4 cm³/mol. The molecule has 1 saturated heterocycles. The molecule has 1 amide bonds. The van der Waals surface area contributed by atoms with Crippen LogP contribution in [-0.2, 0) is 11.3 Å². The molecule has 0 saturated carbocycles. The number of rotatable bonds is 6. The van der Waals surface area contributed by atoms with E-state index in [2.05, 4.69) is 20.2 Å². The Hall–Kier alpha value is -2.54. The molecule has 1 fully saturated rings. The molecule has 132 valence electrons. The van der Waals surface area contributed by atoms with E-state index < -0.39 is 0 Å². The van der Waals surface area contributed by atoms with Gasteiger partial charge in [-0.05, 0) is 12.1 Å². The zero-order valence-corrected chi connectivity index (χ0v) is 14.1. The van der Waals surface area contributed by atoms with Crippen molar-refractivity contribution in [2.75, 3.05) is 38.0 Å². The van der Waals surface area contributed by atoms with Crippen LogP contribution in [0.3, 0.4) is 0 Å². The van der Waals surface area contributed by atoms with E-state index >= 15 is 0 Å². The van der Waals surface area contributed by atoms with Gasteiger partial charge in [-0.1, -0.05) is 18.2 Å². The summed E-state index contributed by atoms with van der Waals surface area (Å²) < 4.78 is 13.7. The molecular formula is C18H22FN5O. The summed E-state index contributed by atoms with van der Waals surface area (Å²) in [5.41, 5.74) is 0.703. The number of carbonyl (C=O) groups is 1. The molecule has 0 radical (unpaired) electrons. The Morgan fingerprint density at radius 1 is 1.08 bits per heavy atom. The van der Waals surface area contributed by atoms with Gasteiger partial charge in [0.25, 0.3) is 0 Å². The second-order valence-electron chi connectivity index (χ2n) is 6.00. The highest BCUT2D eigenvalue weighted by atomic mass is 19.1. The predicted octanol–water partition coefficient (Wildman–Crippen LogP) is 1.76. The van der Waals surface area contributed by atoms with Crippen LogP contribution < -0.4 is 5.32 Å². The van der Waals surface area contributed by atoms with Crippen molar-refractivity contribution in [2.45, 2.75) is 13.0 Å². The van der Waals surface area contributed by atoms with Gasteiger partial charge in [0, 0.05) is 63.6 Å². The van der Waals surface area contributed by atoms with Gasteiger partial charge in [0.1, 0.15) is 5.82 Å². The average Bonchev–Trinajstić information content (AvgIpc) is 2.65. The third-order valence-electron chi connectivity index (χ3n) is 4.26. The number of piperazine rings is 1. The number of aromatic nitrogens is 2. The normalized spacial score (nSPS) is 15.2. The fraction of sp³-hybridized carbons (Fsp3) is 0.389. The monoisotopic (exact) mass is 343 g/mol. The van der Waals surface area contributed by atoms with Crippen LogP contribution in [0.15, 0.2) is 42.7 Å². The summed E-state index contributed by atoms with van der Waals surface area (Å²) in [4.78, 5) is 24.4. The van der Waals surface area contributed by atoms with Crippen LogP contribution in [0.1, 0.15) is 12.0 Å². The lowest BCUT2D eigenvalue weighted by molar-refractivity contribution is -0.132. The molecule has 7 heteroatoms. The summed E-state index contributed by atoms with van der Waals surface area (Å²) in [6.07, 6.45) is 3.73. The summed E-state index contributed by atoms with van der Waals surface area (Å²) in [5.74, 6) is 0.481. The van der Waals surface area contributed by atoms with E-state index in [4.69, 9.17) is 0 Å². The largest absolute Gasteiger partial charge is 0.354 e. The van der Waals surface area contributed by atoms with Gasteiger partial charge in [-0.25, -0.2) is 14.4 Å². The van der Waals surface area contributed by atoms with Crippen molar-refractivity contribution in [3.05, 3.63) is 54.1 Å². The molecule has 3 rings (SSSR count). The van der Waals surface area contributed by atoms with Gasteiger partial charge >= 0.3 is 0 Å². The Labute approximate surface area is 146 Å². The third-order valence-corrected chi connectivity index (χ3v) is 4.26. The molecule has 0 bridgehead atoms. The SMILES string of the molecule is O=C(CCNc1ncccn1)N1CCN(Cc2ccccc2F)CC1. The quantitative estimate of drug-likeness (QED) is 0.866. The highest BCUT2D eigenvalue weighted by molar-refractivity contribution is 5.76. The maximum atomic E-state index is 13.7. The minimum Gasteiger partial charge on any atom is -0.354 e. The first kappa shape index (κ1) is 17.3. The first-order valence-electron chi connectivity index (χ1n) is 8.47. The molecule has 6 nitrogen and oxygen atoms in total. The maximum absolute atomic E-state index is 13.7. The molecule has 1 N–H and O–H groups in total. The smallest absolute Gasteiger partial charge is 0.224 e. The molecule has 1 aromatic carbocycles. The number of anilines is 1. The number of amides is 1. The van der Waals surface area contributed by atoms with E-state index in [1.807, 2.05) is 17.0 Å². The lowest BCUT2D eigenvalue weighted by Gasteiger charge is -2.34. The van der Waals surface area contributed by atoms with E-state index in [1.54, 1.807) is 24.5 Å². The average molecular weight is 343 g/mol. The minimum absolute atomic E-state index is 0.119. The summed E-state index contributed by atoms with van der Waals surface area (Å²) in [6, 6.07) is 8.59. The fourth-order valence-electron chi connectivity index (χ4n) is 2.85. The van der Waals surface area contributed by atoms with Crippen LogP contribution in [0, 0.1) is 5.82 Å². The van der Waals surface area contributed by atoms with E-state index in [1.165, 1.54) is 6.07 Å². The number of nitrogens with zero attached hydrogens (tertiary/aromatic N) is 4. The maximum Gasteiger partial charge on any atom is 0.224 e. The number of halogens is 1. The van der Waals surface area contributed by atoms with Crippen LogP contribution >= 0.6 is 0 Å². The van der Waals surface area contributed by atoms with E-state index in [0.29, 0.717) is 44.1 Å². The number of hydrogen-bond acceptors (Lipinski definition) is 5. The van der Waals surface area contributed by atoms with Gasteiger partial charge in [0.15, 0.2) is 0 Å². The zero-order chi connectivity index (χ0) is 17.5. The van der Waals surface area contributed by atoms with Crippen molar-refractivity contribution < 1.29 is 9.18 Å². The molecule has 2 aromatic rings. The molecule has 25 heavy (non-hydrogen) atoms. The molecular weight excluding hydrogens is 321 g/mol. The standard InChI is InChI=1S/C18H22FN5O/c19-16-5-2-1-4-15(16)14-23-10-12-24(13-11-23)17(25)6-9-22-18-20-7-3-8-21-18/h1-5,7-8H,6,9-14H2,(H,20,21,22). The van der Waals surface area contributed by atoms with Crippen molar-refractivity contribution in [1.29, 1.82) is 0 Å². The van der Waals surface area contributed by atoms with Gasteiger partial charge < -0.3 is 10.2 Å². The van der Waals surface area contributed by atoms with Crippen LogP contribution in [0.25, 0.3) is 0 Å². The Morgan fingerprint density at radius 3 is 2.52 bits per heavy atom. The molecule has 1 aliphatic heterocycles. The molecule has 2 heterocycles. The minimum atomic E-state index is -0.171. The number of nitrogens with one attached hydrogen (secondary N) is 1. The van der Waals surface area contributed by atoms with Crippen molar-refractivity contribution >= 4 is 11.9 Å². The fourth-order valence-corrected chi connectivity index (χ4v) is 2.85. The summed E-state index contributed by atoms with van der Waals surface area (Å²) in [5, 5.41) is 3.04. The number of benzene rings is 1.